The molecule has 2 atom stereocenters. The maximum Gasteiger partial charge on any atom is 0.223 e. The summed E-state index contributed by atoms with van der Waals surface area (Å²) in [6.07, 6.45) is 8.68. The fourth-order valence-electron chi connectivity index (χ4n) is 7.75. The Kier molecular flexibility index (Phi) is 12.4. The highest BCUT2D eigenvalue weighted by atomic mass is 16.4. The Morgan fingerprint density at radius 3 is 2.15 bits per heavy atom. The first kappa shape index (κ1) is 38.5. The van der Waals surface area contributed by atoms with Gasteiger partial charge in [-0.15, -0.1) is 0 Å². The molecule has 0 radical (unpaired) electrons. The van der Waals surface area contributed by atoms with Crippen molar-refractivity contribution in [3.8, 4) is 0 Å². The zero-order chi connectivity index (χ0) is 37.6. The van der Waals surface area contributed by atoms with Crippen molar-refractivity contribution in [2.75, 3.05) is 14.1 Å². The molecule has 0 aliphatic carbocycles. The molecule has 5 heterocycles. The second-order valence-corrected chi connectivity index (χ2v) is 15.0. The van der Waals surface area contributed by atoms with Crippen LogP contribution in [0.4, 0.5) is 0 Å². The number of allylic oxidation sites excluding steroid dienone is 2. The van der Waals surface area contributed by atoms with Crippen molar-refractivity contribution in [1.82, 2.24) is 24.8 Å². The molecule has 0 saturated carbocycles. The van der Waals surface area contributed by atoms with Gasteiger partial charge in [0.25, 0.3) is 0 Å². The van der Waals surface area contributed by atoms with Crippen molar-refractivity contribution < 1.29 is 24.6 Å². The van der Waals surface area contributed by atoms with Gasteiger partial charge >= 0.3 is 0 Å². The van der Waals surface area contributed by atoms with Gasteiger partial charge in [-0.2, -0.15) is 0 Å². The molecular weight excluding hydrogens is 654 g/mol. The monoisotopic (exact) mass is 707 g/mol. The van der Waals surface area contributed by atoms with Crippen molar-refractivity contribution >= 4 is 51.1 Å². The summed E-state index contributed by atoms with van der Waals surface area (Å²) in [6, 6.07) is 12.2. The van der Waals surface area contributed by atoms with Gasteiger partial charge in [0.2, 0.25) is 5.91 Å². The summed E-state index contributed by atoms with van der Waals surface area (Å²) in [5.74, 6) is -2.12. The number of nitrogens with one attached hydrogen (secondary N) is 2. The van der Waals surface area contributed by atoms with Crippen molar-refractivity contribution in [1.29, 1.82) is 0 Å². The molecule has 10 heteroatoms. The third-order valence-electron chi connectivity index (χ3n) is 10.9. The number of amides is 1. The van der Waals surface area contributed by atoms with E-state index in [1.165, 1.54) is 19.3 Å². The second-order valence-electron chi connectivity index (χ2n) is 15.0. The standard InChI is InChI=1S/C42H55N5O5/c1-7-8-9-10-11-16-32-37-23-34-27(3)31(15-13-18-41(51)52)36(45-34)24-35-30(14-12-17-40(49)50)26(2)33(44-35)21-28-19-20-29(43-28)22-38(46-37)42(32,4)25-39(48)47(5)6/h19-24,32,43,45H,7-18,25H2,1-6H3,(H,49,50)(H,51,52)/p-2/t32-,42+/m0/s1. The van der Waals surface area contributed by atoms with Crippen LogP contribution in [0.2, 0.25) is 0 Å². The molecule has 0 saturated heterocycles. The minimum Gasteiger partial charge on any atom is -0.550 e. The lowest BCUT2D eigenvalue weighted by molar-refractivity contribution is -0.307. The van der Waals surface area contributed by atoms with Gasteiger partial charge in [0.1, 0.15) is 0 Å². The van der Waals surface area contributed by atoms with Crippen LogP contribution in [0, 0.1) is 6.92 Å². The van der Waals surface area contributed by atoms with Crippen LogP contribution >= 0.6 is 0 Å². The first-order valence-electron chi connectivity index (χ1n) is 18.8. The summed E-state index contributed by atoms with van der Waals surface area (Å²) >= 11 is 0. The number of aryl methyl sites for hydroxylation is 2. The molecule has 8 bridgehead atoms. The van der Waals surface area contributed by atoms with Crippen LogP contribution in [0.15, 0.2) is 36.4 Å². The number of hydrogen-bond donors (Lipinski definition) is 2. The maximum absolute atomic E-state index is 13.5. The molecule has 2 aliphatic heterocycles. The zero-order valence-corrected chi connectivity index (χ0v) is 31.6. The van der Waals surface area contributed by atoms with E-state index in [0.29, 0.717) is 32.1 Å². The lowest BCUT2D eigenvalue weighted by Gasteiger charge is -2.32. The molecule has 52 heavy (non-hydrogen) atoms. The van der Waals surface area contributed by atoms with E-state index in [2.05, 4.69) is 35.9 Å². The lowest BCUT2D eigenvalue weighted by atomic mass is 9.70. The molecule has 278 valence electrons. The minimum atomic E-state index is -1.08. The number of nitrogens with zero attached hydrogens (tertiary/aromatic N) is 3. The Labute approximate surface area is 306 Å². The number of aromatic nitrogens is 4. The van der Waals surface area contributed by atoms with Gasteiger partial charge in [-0.25, -0.2) is 4.98 Å². The summed E-state index contributed by atoms with van der Waals surface area (Å²) in [7, 11) is 3.60. The van der Waals surface area contributed by atoms with E-state index < -0.39 is 17.4 Å². The number of carboxylic acid groups (broad SMARTS) is 2. The number of fused-ring (bicyclic) bond motifs is 8. The quantitative estimate of drug-likeness (QED) is 0.163. The van der Waals surface area contributed by atoms with Gasteiger partial charge in [-0.3, -0.25) is 9.78 Å². The van der Waals surface area contributed by atoms with E-state index in [0.717, 1.165) is 86.4 Å². The number of carbonyl (C=O) groups is 3. The highest BCUT2D eigenvalue weighted by molar-refractivity contribution is 5.93. The highest BCUT2D eigenvalue weighted by Crippen LogP contribution is 2.48. The normalized spacial score (nSPS) is 17.1. The largest absolute Gasteiger partial charge is 0.550 e. The van der Waals surface area contributed by atoms with Gasteiger partial charge < -0.3 is 34.7 Å². The van der Waals surface area contributed by atoms with Gasteiger partial charge in [0.05, 0.1) is 11.4 Å². The molecule has 1 amide bonds. The summed E-state index contributed by atoms with van der Waals surface area (Å²) in [5.41, 5.74) is 10.1. The first-order valence-corrected chi connectivity index (χ1v) is 18.8. The number of rotatable bonds is 16. The van der Waals surface area contributed by atoms with Crippen molar-refractivity contribution in [3.63, 3.8) is 0 Å². The van der Waals surface area contributed by atoms with E-state index >= 15 is 0 Å². The number of unbranched alkanes of at least 4 members (excludes halogenated alkanes) is 4. The Morgan fingerprint density at radius 1 is 0.808 bits per heavy atom. The van der Waals surface area contributed by atoms with Crippen molar-refractivity contribution in [2.24, 2.45) is 0 Å². The van der Waals surface area contributed by atoms with E-state index in [1.54, 1.807) is 19.0 Å². The van der Waals surface area contributed by atoms with Gasteiger partial charge in [0, 0.05) is 77.2 Å². The topological polar surface area (TPSA) is 158 Å². The Bertz CT molecular complexity index is 2000. The zero-order valence-electron chi connectivity index (χ0n) is 31.6. The van der Waals surface area contributed by atoms with Crippen molar-refractivity contribution in [3.05, 3.63) is 70.3 Å². The average Bonchev–Trinajstić information content (AvgIpc) is 3.79. The number of H-pyrrole nitrogens is 2. The summed E-state index contributed by atoms with van der Waals surface area (Å²) in [5, 5.41) is 22.7. The van der Waals surface area contributed by atoms with E-state index in [4.69, 9.17) is 9.97 Å². The molecular formula is C42H53N5O5-2. The van der Waals surface area contributed by atoms with E-state index in [1.807, 2.05) is 38.1 Å². The molecule has 2 aliphatic rings. The highest BCUT2D eigenvalue weighted by Gasteiger charge is 2.44. The van der Waals surface area contributed by atoms with Crippen LogP contribution in [-0.2, 0) is 26.2 Å². The molecule has 0 unspecified atom stereocenters. The van der Waals surface area contributed by atoms with Crippen LogP contribution in [0.1, 0.15) is 138 Å². The number of carboxylic acids is 2. The summed E-state index contributed by atoms with van der Waals surface area (Å²) in [4.78, 5) is 55.4. The number of aromatic amines is 2. The van der Waals surface area contributed by atoms with Crippen LogP contribution in [0.25, 0.3) is 33.2 Å². The molecule has 2 N–H and O–H groups in total. The SMILES string of the molecule is CCCCCCC[C@H]1c2cc3[nH]c(cc4nc(cc5ccc(cc(n2)[C@]1(C)CC(=O)N(C)C)[nH]5)C(C)=C4CCCC(=O)[O-])c(CCCC(=O)[O-])c3C. The third kappa shape index (κ3) is 8.82. The third-order valence-corrected chi connectivity index (χ3v) is 10.9. The Balaban J connectivity index is 1.78. The fraction of sp³-hybridized carbons (Fsp3) is 0.500. The smallest absolute Gasteiger partial charge is 0.223 e. The van der Waals surface area contributed by atoms with Crippen molar-refractivity contribution in [2.45, 2.75) is 122 Å². The van der Waals surface area contributed by atoms with E-state index in [9.17, 15) is 24.6 Å². The Morgan fingerprint density at radius 2 is 1.48 bits per heavy atom. The van der Waals surface area contributed by atoms with Gasteiger partial charge in [-0.1, -0.05) is 46.0 Å². The van der Waals surface area contributed by atoms with Crippen LogP contribution in [0.3, 0.4) is 0 Å². The molecule has 3 aromatic rings. The van der Waals surface area contributed by atoms with Crippen LogP contribution in [0.5, 0.6) is 0 Å². The maximum atomic E-state index is 13.5. The second kappa shape index (κ2) is 16.7. The number of aliphatic carboxylic acids is 2. The number of carbonyl (C=O) groups excluding carboxylic acids is 3. The van der Waals surface area contributed by atoms with Crippen LogP contribution in [-0.4, -0.2) is 56.8 Å². The average molecular weight is 708 g/mol. The molecule has 0 spiro atoms. The van der Waals surface area contributed by atoms with Gasteiger partial charge in [0.15, 0.2) is 0 Å². The van der Waals surface area contributed by atoms with E-state index in [-0.39, 0.29) is 24.7 Å². The molecule has 3 aromatic heterocycles. The first-order chi connectivity index (χ1) is 24.8. The molecule has 0 aromatic carbocycles. The Hall–Kier alpha value is -4.73. The predicted octanol–water partition coefficient (Wildman–Crippen LogP) is 6.43. The summed E-state index contributed by atoms with van der Waals surface area (Å²) < 4.78 is 0. The fourth-order valence-corrected chi connectivity index (χ4v) is 7.75. The summed E-state index contributed by atoms with van der Waals surface area (Å²) in [6.45, 7) is 8.45. The van der Waals surface area contributed by atoms with Gasteiger partial charge in [-0.05, 0) is 117 Å². The molecule has 10 nitrogen and oxygen atoms in total. The molecule has 5 rings (SSSR count). The predicted molar refractivity (Wildman–Crippen MR) is 202 cm³/mol. The minimum absolute atomic E-state index is 0.00512. The lowest BCUT2D eigenvalue weighted by Crippen LogP contribution is -2.34. The molecule has 0 fully saturated rings. The number of hydrogen-bond acceptors (Lipinski definition) is 7. The van der Waals surface area contributed by atoms with Crippen LogP contribution < -0.4 is 10.2 Å².